The highest BCUT2D eigenvalue weighted by Gasteiger charge is 2.42. The second kappa shape index (κ2) is 10.9. The van der Waals surface area contributed by atoms with Crippen molar-refractivity contribution in [3.8, 4) is 0 Å². The Kier molecular flexibility index (Phi) is 8.12. The molecular formula is C25H31ClN4O3S2. The minimum Gasteiger partial charge on any atom is -0.302 e. The first kappa shape index (κ1) is 26.0. The van der Waals surface area contributed by atoms with Crippen LogP contribution in [-0.4, -0.2) is 67.3 Å². The van der Waals surface area contributed by atoms with Gasteiger partial charge in [-0.1, -0.05) is 48.9 Å². The number of carbonyl (C=O) groups excluding carboxylic acids is 1. The molecule has 1 amide bonds. The Labute approximate surface area is 216 Å². The summed E-state index contributed by atoms with van der Waals surface area (Å²) in [7, 11) is -3.84. The number of thiazole rings is 1. The van der Waals surface area contributed by atoms with Gasteiger partial charge < -0.3 is 4.90 Å². The summed E-state index contributed by atoms with van der Waals surface area (Å²) < 4.78 is 29.3. The molecule has 1 aromatic heterocycles. The Morgan fingerprint density at radius 3 is 2.51 bits per heavy atom. The highest BCUT2D eigenvalue weighted by Crippen LogP contribution is 2.33. The number of para-hydroxylation sites is 1. The lowest BCUT2D eigenvalue weighted by Gasteiger charge is -2.30. The lowest BCUT2D eigenvalue weighted by molar-refractivity contribution is -0.121. The Bertz CT molecular complexity index is 1290. The van der Waals surface area contributed by atoms with Gasteiger partial charge in [-0.25, -0.2) is 13.4 Å². The van der Waals surface area contributed by atoms with Crippen LogP contribution < -0.4 is 4.90 Å². The number of nitrogens with zero attached hydrogens (tertiary/aromatic N) is 4. The Balaban J connectivity index is 1.68. The molecule has 1 aliphatic rings. The second-order valence-electron chi connectivity index (χ2n) is 8.66. The molecule has 1 atom stereocenters. The number of aromatic nitrogens is 1. The van der Waals surface area contributed by atoms with Crippen molar-refractivity contribution in [2.75, 3.05) is 37.6 Å². The third-order valence-corrected chi connectivity index (χ3v) is 9.77. The van der Waals surface area contributed by atoms with Gasteiger partial charge in [-0.15, -0.1) is 0 Å². The molecule has 1 saturated heterocycles. The zero-order valence-electron chi connectivity index (χ0n) is 20.3. The van der Waals surface area contributed by atoms with Gasteiger partial charge in [0, 0.05) is 24.7 Å². The first-order valence-corrected chi connectivity index (χ1v) is 14.6. The molecule has 0 spiro atoms. The predicted molar refractivity (Wildman–Crippen MR) is 143 cm³/mol. The van der Waals surface area contributed by atoms with Crippen molar-refractivity contribution in [2.45, 2.75) is 44.6 Å². The Morgan fingerprint density at radius 2 is 1.86 bits per heavy atom. The molecule has 3 aromatic rings. The van der Waals surface area contributed by atoms with Crippen LogP contribution in [0.4, 0.5) is 5.13 Å². The van der Waals surface area contributed by atoms with E-state index in [9.17, 15) is 13.2 Å². The third-order valence-electron chi connectivity index (χ3n) is 6.55. The zero-order valence-corrected chi connectivity index (χ0v) is 22.7. The van der Waals surface area contributed by atoms with E-state index in [2.05, 4.69) is 18.7 Å². The predicted octanol–water partition coefficient (Wildman–Crippen LogP) is 4.79. The van der Waals surface area contributed by atoms with Crippen LogP contribution in [0.2, 0.25) is 5.02 Å². The molecule has 4 rings (SSSR count). The summed E-state index contributed by atoms with van der Waals surface area (Å²) in [6.45, 7) is 9.38. The maximum atomic E-state index is 14.0. The minimum absolute atomic E-state index is 0.145. The van der Waals surface area contributed by atoms with Gasteiger partial charge in [-0.3, -0.25) is 9.69 Å². The molecule has 2 heterocycles. The van der Waals surface area contributed by atoms with Gasteiger partial charge in [0.15, 0.2) is 5.13 Å². The number of hydrogen-bond donors (Lipinski definition) is 0. The average Bonchev–Trinajstić information content (AvgIpc) is 3.51. The van der Waals surface area contributed by atoms with Gasteiger partial charge in [0.1, 0.15) is 6.04 Å². The lowest BCUT2D eigenvalue weighted by atomic mass is 10.2. The summed E-state index contributed by atoms with van der Waals surface area (Å²) in [4.78, 5) is 22.9. The molecule has 1 aliphatic heterocycles. The molecule has 1 fully saturated rings. The number of hydrogen-bond acceptors (Lipinski definition) is 6. The van der Waals surface area contributed by atoms with Crippen LogP contribution >= 0.6 is 22.9 Å². The Hall–Kier alpha value is -2.04. The number of anilines is 1. The van der Waals surface area contributed by atoms with E-state index in [0.717, 1.165) is 28.9 Å². The highest BCUT2D eigenvalue weighted by molar-refractivity contribution is 7.89. The number of sulfonamides is 1. The number of aryl methyl sites for hydroxylation is 1. The molecule has 1 unspecified atom stereocenters. The third kappa shape index (κ3) is 5.39. The van der Waals surface area contributed by atoms with Crippen molar-refractivity contribution in [1.29, 1.82) is 0 Å². The molecule has 0 bridgehead atoms. The fourth-order valence-corrected chi connectivity index (χ4v) is 7.32. The second-order valence-corrected chi connectivity index (χ2v) is 12.0. The Morgan fingerprint density at radius 1 is 1.14 bits per heavy atom. The molecular weight excluding hydrogens is 504 g/mol. The van der Waals surface area contributed by atoms with E-state index in [1.807, 2.05) is 25.1 Å². The van der Waals surface area contributed by atoms with Crippen LogP contribution in [0.3, 0.4) is 0 Å². The zero-order chi connectivity index (χ0) is 25.2. The van der Waals surface area contributed by atoms with Crippen molar-refractivity contribution in [2.24, 2.45) is 0 Å². The van der Waals surface area contributed by atoms with E-state index in [0.29, 0.717) is 42.6 Å². The minimum atomic E-state index is -3.84. The monoisotopic (exact) mass is 534 g/mol. The number of benzene rings is 2. The first-order valence-electron chi connectivity index (χ1n) is 11.9. The molecule has 10 heteroatoms. The van der Waals surface area contributed by atoms with Gasteiger partial charge in [0.25, 0.3) is 0 Å². The highest BCUT2D eigenvalue weighted by atomic mass is 35.5. The number of amides is 1. The van der Waals surface area contributed by atoms with Crippen LogP contribution in [0.15, 0.2) is 47.4 Å². The summed E-state index contributed by atoms with van der Waals surface area (Å²) in [6, 6.07) is 11.3. The van der Waals surface area contributed by atoms with E-state index in [4.69, 9.17) is 16.6 Å². The topological polar surface area (TPSA) is 73.8 Å². The molecule has 0 N–H and O–H groups in total. The van der Waals surface area contributed by atoms with Gasteiger partial charge in [0.05, 0.1) is 15.1 Å². The van der Waals surface area contributed by atoms with Crippen molar-refractivity contribution in [3.63, 3.8) is 0 Å². The molecule has 7 nitrogen and oxygen atoms in total. The number of halogens is 1. The number of carbonyl (C=O) groups is 1. The van der Waals surface area contributed by atoms with Crippen molar-refractivity contribution in [3.05, 3.63) is 53.1 Å². The fraction of sp³-hybridized carbons (Fsp3) is 0.440. The SMILES string of the molecule is CCN(CC)CCN(C(=O)C1CCCN1S(=O)(=O)c1ccc(Cl)cc1)c1nc2c(C)cccc2s1. The fourth-order valence-electron chi connectivity index (χ4n) is 4.47. The van der Waals surface area contributed by atoms with Gasteiger partial charge in [-0.05, 0) is 68.8 Å². The van der Waals surface area contributed by atoms with Crippen molar-refractivity contribution in [1.82, 2.24) is 14.2 Å². The summed E-state index contributed by atoms with van der Waals surface area (Å²) in [5.41, 5.74) is 1.93. The lowest BCUT2D eigenvalue weighted by Crippen LogP contribution is -2.49. The summed E-state index contributed by atoms with van der Waals surface area (Å²) in [6.07, 6.45) is 1.11. The van der Waals surface area contributed by atoms with Crippen molar-refractivity contribution >= 4 is 54.2 Å². The molecule has 0 radical (unpaired) electrons. The summed E-state index contributed by atoms with van der Waals surface area (Å²) in [5, 5.41) is 1.08. The van der Waals surface area contributed by atoms with E-state index in [1.165, 1.54) is 27.8 Å². The smallest absolute Gasteiger partial charge is 0.247 e. The molecule has 188 valence electrons. The van der Waals surface area contributed by atoms with E-state index < -0.39 is 16.1 Å². The van der Waals surface area contributed by atoms with E-state index in [1.54, 1.807) is 17.0 Å². The normalized spacial score (nSPS) is 16.9. The number of rotatable bonds is 9. The molecule has 35 heavy (non-hydrogen) atoms. The van der Waals surface area contributed by atoms with Crippen LogP contribution in [0.1, 0.15) is 32.3 Å². The van der Waals surface area contributed by atoms with Crippen LogP contribution in [0, 0.1) is 6.92 Å². The molecule has 0 saturated carbocycles. The quantitative estimate of drug-likeness (QED) is 0.395. The first-order chi connectivity index (χ1) is 16.8. The van der Waals surface area contributed by atoms with Crippen LogP contribution in [-0.2, 0) is 14.8 Å². The van der Waals surface area contributed by atoms with Crippen LogP contribution in [0.25, 0.3) is 10.2 Å². The summed E-state index contributed by atoms with van der Waals surface area (Å²) >= 11 is 7.43. The van der Waals surface area contributed by atoms with Gasteiger partial charge in [0.2, 0.25) is 15.9 Å². The van der Waals surface area contributed by atoms with Gasteiger partial charge in [-0.2, -0.15) is 4.31 Å². The van der Waals surface area contributed by atoms with E-state index in [-0.39, 0.29) is 10.8 Å². The maximum Gasteiger partial charge on any atom is 0.247 e. The largest absolute Gasteiger partial charge is 0.302 e. The number of likely N-dealkylation sites (N-methyl/N-ethyl adjacent to an activating group) is 1. The molecule has 0 aliphatic carbocycles. The van der Waals surface area contributed by atoms with Gasteiger partial charge >= 0.3 is 0 Å². The van der Waals surface area contributed by atoms with Crippen molar-refractivity contribution < 1.29 is 13.2 Å². The maximum absolute atomic E-state index is 14.0. The summed E-state index contributed by atoms with van der Waals surface area (Å²) in [5.74, 6) is -0.219. The average molecular weight is 535 g/mol. The van der Waals surface area contributed by atoms with E-state index >= 15 is 0 Å². The number of fused-ring (bicyclic) bond motifs is 1. The standard InChI is InChI=1S/C25H31ClN4O3S2/c1-4-28(5-2)16-17-29(25-27-23-18(3)8-6-10-22(23)34-25)24(31)21-9-7-15-30(21)35(32,33)20-13-11-19(26)12-14-20/h6,8,10-14,21H,4-5,7,9,15-17H2,1-3H3. The van der Waals surface area contributed by atoms with Crippen LogP contribution in [0.5, 0.6) is 0 Å². The molecule has 2 aromatic carbocycles.